The van der Waals surface area contributed by atoms with Crippen LogP contribution in [0.4, 0.5) is 8.78 Å². The van der Waals surface area contributed by atoms with E-state index in [-0.39, 0.29) is 23.1 Å². The maximum atomic E-state index is 13.7. The number of amides is 1. The summed E-state index contributed by atoms with van der Waals surface area (Å²) in [5.74, 6) is -3.01. The second-order valence-electron chi connectivity index (χ2n) is 6.75. The zero-order chi connectivity index (χ0) is 21.4. The monoisotopic (exact) mass is 410 g/mol. The number of hydrogen-bond donors (Lipinski definition) is 3. The molecule has 9 heteroatoms. The van der Waals surface area contributed by atoms with Crippen molar-refractivity contribution in [2.75, 3.05) is 0 Å². The van der Waals surface area contributed by atoms with Gasteiger partial charge in [0.25, 0.3) is 11.5 Å². The fourth-order valence-electron chi connectivity index (χ4n) is 3.15. The van der Waals surface area contributed by atoms with Crippen molar-refractivity contribution in [1.82, 2.24) is 20.1 Å². The highest BCUT2D eigenvalue weighted by atomic mass is 19.1. The molecule has 152 valence electrons. The number of hydrogen-bond acceptors (Lipinski definition) is 4. The lowest BCUT2D eigenvalue weighted by Gasteiger charge is -2.09. The summed E-state index contributed by atoms with van der Waals surface area (Å²) in [6, 6.07) is 10.3. The van der Waals surface area contributed by atoms with Crippen LogP contribution in [0, 0.1) is 18.6 Å². The molecule has 2 heterocycles. The average molecular weight is 410 g/mol. The van der Waals surface area contributed by atoms with E-state index in [1.165, 1.54) is 16.9 Å². The van der Waals surface area contributed by atoms with E-state index in [0.717, 1.165) is 11.6 Å². The zero-order valence-electron chi connectivity index (χ0n) is 15.7. The minimum absolute atomic E-state index is 0.0361. The predicted molar refractivity (Wildman–Crippen MR) is 106 cm³/mol. The van der Waals surface area contributed by atoms with Gasteiger partial charge in [-0.05, 0) is 30.7 Å². The van der Waals surface area contributed by atoms with Crippen molar-refractivity contribution in [2.45, 2.75) is 13.5 Å². The molecule has 0 radical (unpaired) electrons. The molecule has 7 nitrogen and oxygen atoms in total. The molecule has 3 N–H and O–H groups in total. The molecule has 0 aliphatic heterocycles. The average Bonchev–Trinajstić information content (AvgIpc) is 3.11. The van der Waals surface area contributed by atoms with E-state index >= 15 is 0 Å². The summed E-state index contributed by atoms with van der Waals surface area (Å²) < 4.78 is 28.2. The van der Waals surface area contributed by atoms with Gasteiger partial charge in [-0.15, -0.1) is 0 Å². The number of aromatic nitrogens is 3. The van der Waals surface area contributed by atoms with Crippen LogP contribution < -0.4 is 10.9 Å². The molecule has 1 amide bonds. The third-order valence-corrected chi connectivity index (χ3v) is 4.65. The molecule has 0 fully saturated rings. The summed E-state index contributed by atoms with van der Waals surface area (Å²) in [5, 5.41) is 17.3. The van der Waals surface area contributed by atoms with Gasteiger partial charge in [0.1, 0.15) is 28.6 Å². The Morgan fingerprint density at radius 3 is 2.77 bits per heavy atom. The minimum atomic E-state index is -0.900. The number of nitrogens with zero attached hydrogens (tertiary/aromatic N) is 2. The van der Waals surface area contributed by atoms with E-state index < -0.39 is 34.4 Å². The van der Waals surface area contributed by atoms with Crippen molar-refractivity contribution in [3.8, 4) is 11.4 Å². The molecule has 0 aliphatic rings. The van der Waals surface area contributed by atoms with Crippen molar-refractivity contribution in [3.05, 3.63) is 87.3 Å². The van der Waals surface area contributed by atoms with Crippen molar-refractivity contribution in [3.63, 3.8) is 0 Å². The van der Waals surface area contributed by atoms with Gasteiger partial charge in [-0.1, -0.05) is 18.2 Å². The highest BCUT2D eigenvalue weighted by Crippen LogP contribution is 2.26. The van der Waals surface area contributed by atoms with Crippen LogP contribution >= 0.6 is 0 Å². The molecule has 0 saturated heterocycles. The van der Waals surface area contributed by atoms with Crippen LogP contribution in [0.25, 0.3) is 16.7 Å². The molecule has 2 aromatic heterocycles. The number of aromatic hydroxyl groups is 1. The number of halogens is 2. The number of aryl methyl sites for hydroxylation is 1. The van der Waals surface area contributed by atoms with Gasteiger partial charge in [0.15, 0.2) is 0 Å². The van der Waals surface area contributed by atoms with Gasteiger partial charge in [0, 0.05) is 18.2 Å². The van der Waals surface area contributed by atoms with Crippen LogP contribution in [0.3, 0.4) is 0 Å². The molecule has 30 heavy (non-hydrogen) atoms. The molecule has 0 spiro atoms. The van der Waals surface area contributed by atoms with Gasteiger partial charge in [-0.3, -0.25) is 9.59 Å². The third kappa shape index (κ3) is 3.41. The Bertz CT molecular complexity index is 1340. The number of carbonyl (C=O) groups excluding carboxylic acids is 1. The zero-order valence-corrected chi connectivity index (χ0v) is 15.7. The van der Waals surface area contributed by atoms with Crippen LogP contribution in [-0.2, 0) is 6.54 Å². The summed E-state index contributed by atoms with van der Waals surface area (Å²) >= 11 is 0. The van der Waals surface area contributed by atoms with Crippen LogP contribution in [0.5, 0.6) is 5.75 Å². The first-order chi connectivity index (χ1) is 14.3. The highest BCUT2D eigenvalue weighted by molar-refractivity contribution is 6.01. The van der Waals surface area contributed by atoms with Crippen LogP contribution in [0.15, 0.2) is 53.5 Å². The van der Waals surface area contributed by atoms with Gasteiger partial charge in [-0.2, -0.15) is 5.10 Å². The number of aromatic amines is 1. The Kier molecular flexibility index (Phi) is 4.78. The largest absolute Gasteiger partial charge is 0.506 e. The van der Waals surface area contributed by atoms with E-state index in [4.69, 9.17) is 0 Å². The molecule has 4 rings (SSSR count). The first kappa shape index (κ1) is 19.3. The molecule has 0 bridgehead atoms. The number of fused-ring (bicyclic) bond motifs is 1. The van der Waals surface area contributed by atoms with Gasteiger partial charge >= 0.3 is 0 Å². The Balaban J connectivity index is 1.68. The molecular weight excluding hydrogens is 394 g/mol. The normalized spacial score (nSPS) is 11.0. The summed E-state index contributed by atoms with van der Waals surface area (Å²) in [4.78, 5) is 27.6. The molecule has 0 atom stereocenters. The molecule has 0 saturated carbocycles. The number of nitrogens with one attached hydrogen (secondary N) is 2. The topological polar surface area (TPSA) is 100 Å². The summed E-state index contributed by atoms with van der Waals surface area (Å²) in [6.07, 6.45) is 1.33. The van der Waals surface area contributed by atoms with Crippen molar-refractivity contribution < 1.29 is 18.7 Å². The molecule has 4 aromatic rings. The molecule has 2 aromatic carbocycles. The number of benzene rings is 2. The highest BCUT2D eigenvalue weighted by Gasteiger charge is 2.22. The van der Waals surface area contributed by atoms with E-state index in [0.29, 0.717) is 11.8 Å². The predicted octanol–water partition coefficient (Wildman–Crippen LogP) is 2.94. The fraction of sp³-hybridized carbons (Fsp3) is 0.0952. The molecule has 0 unspecified atom stereocenters. The SMILES string of the molecule is Cc1cccc(-n2ncc3c(O)c(C(=O)NCc4ccc(F)cc4F)c(=O)[nH]c32)c1. The van der Waals surface area contributed by atoms with Gasteiger partial charge in [-0.25, -0.2) is 13.5 Å². The smallest absolute Gasteiger partial charge is 0.266 e. The second kappa shape index (κ2) is 7.43. The van der Waals surface area contributed by atoms with E-state index in [2.05, 4.69) is 15.4 Å². The lowest BCUT2D eigenvalue weighted by molar-refractivity contribution is 0.0946. The summed E-state index contributed by atoms with van der Waals surface area (Å²) in [5.41, 5.74) is 0.564. The first-order valence-electron chi connectivity index (χ1n) is 8.97. The van der Waals surface area contributed by atoms with Crippen LogP contribution in [0.1, 0.15) is 21.5 Å². The maximum absolute atomic E-state index is 13.7. The number of rotatable bonds is 4. The van der Waals surface area contributed by atoms with E-state index in [1.807, 2.05) is 25.1 Å². The van der Waals surface area contributed by atoms with E-state index in [9.17, 15) is 23.5 Å². The first-order valence-corrected chi connectivity index (χ1v) is 8.97. The summed E-state index contributed by atoms with van der Waals surface area (Å²) in [6.45, 7) is 1.62. The fourth-order valence-corrected chi connectivity index (χ4v) is 3.15. The van der Waals surface area contributed by atoms with Crippen molar-refractivity contribution in [2.24, 2.45) is 0 Å². The number of carbonyl (C=O) groups is 1. The number of pyridine rings is 1. The number of H-pyrrole nitrogens is 1. The Morgan fingerprint density at radius 1 is 1.23 bits per heavy atom. The van der Waals surface area contributed by atoms with Gasteiger partial charge in [0.2, 0.25) is 0 Å². The molecular formula is C21H16F2N4O3. The van der Waals surface area contributed by atoms with Gasteiger partial charge in [0.05, 0.1) is 17.3 Å². The van der Waals surface area contributed by atoms with Crippen molar-refractivity contribution >= 4 is 16.9 Å². The van der Waals surface area contributed by atoms with Crippen LogP contribution in [0.2, 0.25) is 0 Å². The lowest BCUT2D eigenvalue weighted by atomic mass is 10.1. The Labute approximate surface area is 168 Å². The van der Waals surface area contributed by atoms with Gasteiger partial charge < -0.3 is 15.4 Å². The quantitative estimate of drug-likeness (QED) is 0.482. The maximum Gasteiger partial charge on any atom is 0.266 e. The van der Waals surface area contributed by atoms with Crippen LogP contribution in [-0.4, -0.2) is 25.8 Å². The second-order valence-corrected chi connectivity index (χ2v) is 6.75. The standard InChI is InChI=1S/C21H16F2N4O3/c1-11-3-2-4-14(7-11)27-19-15(10-25-27)18(28)17(21(30)26-19)20(29)24-9-12-5-6-13(22)8-16(12)23/h2-8,10H,9H2,1H3,(H,24,29)(H2,26,28,30). The lowest BCUT2D eigenvalue weighted by Crippen LogP contribution is -2.29. The third-order valence-electron chi connectivity index (χ3n) is 4.65. The van der Waals surface area contributed by atoms with Crippen molar-refractivity contribution in [1.29, 1.82) is 0 Å². The van der Waals surface area contributed by atoms with E-state index in [1.54, 1.807) is 6.07 Å². The Hall–Kier alpha value is -4.01. The summed E-state index contributed by atoms with van der Waals surface area (Å²) in [7, 11) is 0. The Morgan fingerprint density at radius 2 is 2.03 bits per heavy atom. The molecule has 0 aliphatic carbocycles. The minimum Gasteiger partial charge on any atom is -0.506 e.